The average molecular weight is 215 g/mol. The first-order valence-electron chi connectivity index (χ1n) is 4.52. The van der Waals surface area contributed by atoms with Crippen molar-refractivity contribution in [2.75, 3.05) is 0 Å². The van der Waals surface area contributed by atoms with Crippen LogP contribution in [-0.2, 0) is 0 Å². The number of hydrogen-bond acceptors (Lipinski definition) is 2. The van der Waals surface area contributed by atoms with E-state index < -0.39 is 5.82 Å². The van der Waals surface area contributed by atoms with Crippen LogP contribution in [0, 0.1) is 5.82 Å². The van der Waals surface area contributed by atoms with Gasteiger partial charge < -0.3 is 11.5 Å². The minimum atomic E-state index is -0.426. The molecule has 1 aliphatic rings. The first-order valence-corrected chi connectivity index (χ1v) is 4.90. The standard InChI is InChI=1S/C10H12ClFN2/c11-7-5-6(1-2-8(7)12)9(13)10(14)3-4-10/h1-2,5,9H,3-4,13-14H2. The zero-order chi connectivity index (χ0) is 10.3. The molecule has 76 valence electrons. The summed E-state index contributed by atoms with van der Waals surface area (Å²) >= 11 is 5.66. The van der Waals surface area contributed by atoms with E-state index in [0.717, 1.165) is 18.4 Å². The molecule has 0 amide bonds. The quantitative estimate of drug-likeness (QED) is 0.791. The van der Waals surface area contributed by atoms with Crippen molar-refractivity contribution in [3.63, 3.8) is 0 Å². The van der Waals surface area contributed by atoms with E-state index in [4.69, 9.17) is 23.1 Å². The molecule has 1 aromatic carbocycles. The van der Waals surface area contributed by atoms with Gasteiger partial charge in [-0.25, -0.2) is 4.39 Å². The predicted molar refractivity (Wildman–Crippen MR) is 54.5 cm³/mol. The molecule has 0 aliphatic heterocycles. The molecule has 2 rings (SSSR count). The van der Waals surface area contributed by atoms with E-state index in [0.29, 0.717) is 0 Å². The van der Waals surface area contributed by atoms with E-state index in [2.05, 4.69) is 0 Å². The van der Waals surface area contributed by atoms with E-state index in [1.165, 1.54) is 6.07 Å². The maximum atomic E-state index is 12.9. The molecule has 1 unspecified atom stereocenters. The van der Waals surface area contributed by atoms with Gasteiger partial charge in [0, 0.05) is 11.6 Å². The van der Waals surface area contributed by atoms with E-state index in [1.54, 1.807) is 12.1 Å². The molecule has 14 heavy (non-hydrogen) atoms. The van der Waals surface area contributed by atoms with Crippen LogP contribution in [-0.4, -0.2) is 5.54 Å². The molecule has 0 aromatic heterocycles. The molecule has 0 heterocycles. The molecule has 1 fully saturated rings. The summed E-state index contributed by atoms with van der Waals surface area (Å²) in [5, 5.41) is 0.0993. The molecule has 0 spiro atoms. The molecule has 1 aromatic rings. The normalized spacial score (nSPS) is 20.6. The van der Waals surface area contributed by atoms with Crippen LogP contribution in [0.5, 0.6) is 0 Å². The van der Waals surface area contributed by atoms with Gasteiger partial charge in [0.2, 0.25) is 0 Å². The van der Waals surface area contributed by atoms with Crippen molar-refractivity contribution < 1.29 is 4.39 Å². The second kappa shape index (κ2) is 3.19. The van der Waals surface area contributed by atoms with Crippen molar-refractivity contribution in [2.45, 2.75) is 24.4 Å². The fraction of sp³-hybridized carbons (Fsp3) is 0.400. The number of rotatable bonds is 2. The van der Waals surface area contributed by atoms with Crippen molar-refractivity contribution in [1.82, 2.24) is 0 Å². The highest BCUT2D eigenvalue weighted by Crippen LogP contribution is 2.42. The van der Waals surface area contributed by atoms with Crippen molar-refractivity contribution in [1.29, 1.82) is 0 Å². The molecule has 1 aliphatic carbocycles. The lowest BCUT2D eigenvalue weighted by Crippen LogP contribution is -2.36. The van der Waals surface area contributed by atoms with E-state index in [-0.39, 0.29) is 16.6 Å². The maximum absolute atomic E-state index is 12.9. The Hall–Kier alpha value is -0.640. The van der Waals surface area contributed by atoms with Gasteiger partial charge in [-0.3, -0.25) is 0 Å². The summed E-state index contributed by atoms with van der Waals surface area (Å²) in [6.45, 7) is 0. The van der Waals surface area contributed by atoms with Crippen LogP contribution >= 0.6 is 11.6 Å². The highest BCUT2D eigenvalue weighted by Gasteiger charge is 2.44. The van der Waals surface area contributed by atoms with Crippen molar-refractivity contribution in [2.24, 2.45) is 11.5 Å². The molecule has 0 bridgehead atoms. The fourth-order valence-corrected chi connectivity index (χ4v) is 1.68. The third-order valence-corrected chi connectivity index (χ3v) is 3.04. The largest absolute Gasteiger partial charge is 0.323 e. The summed E-state index contributed by atoms with van der Waals surface area (Å²) in [4.78, 5) is 0. The van der Waals surface area contributed by atoms with Gasteiger partial charge in [0.1, 0.15) is 5.82 Å². The third kappa shape index (κ3) is 1.63. The Labute approximate surface area is 87.0 Å². The Morgan fingerprint density at radius 3 is 2.57 bits per heavy atom. The van der Waals surface area contributed by atoms with Gasteiger partial charge in [-0.15, -0.1) is 0 Å². The predicted octanol–water partition coefficient (Wildman–Crippen LogP) is 1.97. The van der Waals surface area contributed by atoms with Crippen LogP contribution in [0.25, 0.3) is 0 Å². The Morgan fingerprint density at radius 1 is 1.43 bits per heavy atom. The Bertz CT molecular complexity index is 363. The molecule has 1 atom stereocenters. The monoisotopic (exact) mass is 214 g/mol. The topological polar surface area (TPSA) is 52.0 Å². The lowest BCUT2D eigenvalue weighted by molar-refractivity contribution is 0.534. The maximum Gasteiger partial charge on any atom is 0.141 e. The molecule has 2 nitrogen and oxygen atoms in total. The van der Waals surface area contributed by atoms with Gasteiger partial charge in [-0.1, -0.05) is 17.7 Å². The molecular weight excluding hydrogens is 203 g/mol. The van der Waals surface area contributed by atoms with E-state index >= 15 is 0 Å². The number of nitrogens with two attached hydrogens (primary N) is 2. The first kappa shape index (κ1) is 9.90. The van der Waals surface area contributed by atoms with Crippen LogP contribution < -0.4 is 11.5 Å². The van der Waals surface area contributed by atoms with Gasteiger partial charge >= 0.3 is 0 Å². The summed E-state index contributed by atoms with van der Waals surface area (Å²) in [5.41, 5.74) is 12.4. The van der Waals surface area contributed by atoms with Crippen LogP contribution in [0.3, 0.4) is 0 Å². The second-order valence-corrected chi connectivity index (χ2v) is 4.29. The second-order valence-electron chi connectivity index (χ2n) is 3.88. The summed E-state index contributed by atoms with van der Waals surface area (Å²) in [7, 11) is 0. The Balaban J connectivity index is 2.28. The van der Waals surface area contributed by atoms with Crippen molar-refractivity contribution in [3.05, 3.63) is 34.6 Å². The molecule has 0 saturated heterocycles. The van der Waals surface area contributed by atoms with Crippen LogP contribution in [0.1, 0.15) is 24.4 Å². The molecule has 4 heteroatoms. The van der Waals surface area contributed by atoms with Gasteiger partial charge in [-0.2, -0.15) is 0 Å². The highest BCUT2D eigenvalue weighted by atomic mass is 35.5. The minimum absolute atomic E-state index is 0.0993. The van der Waals surface area contributed by atoms with E-state index in [1.807, 2.05) is 0 Å². The fourth-order valence-electron chi connectivity index (χ4n) is 1.49. The van der Waals surface area contributed by atoms with Gasteiger partial charge in [-0.05, 0) is 30.5 Å². The molecule has 1 saturated carbocycles. The van der Waals surface area contributed by atoms with Crippen LogP contribution in [0.2, 0.25) is 5.02 Å². The first-order chi connectivity index (χ1) is 6.53. The van der Waals surface area contributed by atoms with Crippen molar-refractivity contribution >= 4 is 11.6 Å². The molecular formula is C10H12ClFN2. The van der Waals surface area contributed by atoms with Gasteiger partial charge in [0.05, 0.1) is 5.02 Å². The number of benzene rings is 1. The number of hydrogen-bond donors (Lipinski definition) is 2. The Morgan fingerprint density at radius 2 is 2.07 bits per heavy atom. The molecule has 0 radical (unpaired) electrons. The van der Waals surface area contributed by atoms with Gasteiger partial charge in [0.15, 0.2) is 0 Å². The molecule has 4 N–H and O–H groups in total. The summed E-state index contributed by atoms with van der Waals surface area (Å²) in [6.07, 6.45) is 1.84. The van der Waals surface area contributed by atoms with E-state index in [9.17, 15) is 4.39 Å². The average Bonchev–Trinajstić information content (AvgIpc) is 2.89. The number of halogens is 2. The SMILES string of the molecule is NC(c1ccc(F)c(Cl)c1)C1(N)CC1. The summed E-state index contributed by atoms with van der Waals surface area (Å²) in [5.74, 6) is -0.426. The smallest absolute Gasteiger partial charge is 0.141 e. The summed E-state index contributed by atoms with van der Waals surface area (Å²) < 4.78 is 12.9. The lowest BCUT2D eigenvalue weighted by atomic mass is 9.99. The lowest BCUT2D eigenvalue weighted by Gasteiger charge is -2.19. The minimum Gasteiger partial charge on any atom is -0.323 e. The zero-order valence-corrected chi connectivity index (χ0v) is 8.39. The van der Waals surface area contributed by atoms with Gasteiger partial charge in [0.25, 0.3) is 0 Å². The Kier molecular flexibility index (Phi) is 2.26. The zero-order valence-electron chi connectivity index (χ0n) is 7.63. The van der Waals surface area contributed by atoms with Crippen LogP contribution in [0.4, 0.5) is 4.39 Å². The summed E-state index contributed by atoms with van der Waals surface area (Å²) in [6, 6.07) is 4.26. The van der Waals surface area contributed by atoms with Crippen LogP contribution in [0.15, 0.2) is 18.2 Å². The van der Waals surface area contributed by atoms with Crippen molar-refractivity contribution in [3.8, 4) is 0 Å². The highest BCUT2D eigenvalue weighted by molar-refractivity contribution is 6.30. The third-order valence-electron chi connectivity index (χ3n) is 2.75.